The Labute approximate surface area is 93.5 Å². The summed E-state index contributed by atoms with van der Waals surface area (Å²) in [4.78, 5) is 13.0. The van der Waals surface area contributed by atoms with Gasteiger partial charge in [0, 0.05) is 18.4 Å². The maximum absolute atomic E-state index is 11.8. The Morgan fingerprint density at radius 3 is 2.93 bits per heavy atom. The lowest BCUT2D eigenvalue weighted by Gasteiger charge is -2.06. The van der Waals surface area contributed by atoms with Crippen molar-refractivity contribution in [3.05, 3.63) is 23.2 Å². The van der Waals surface area contributed by atoms with Gasteiger partial charge in [-0.2, -0.15) is 0 Å². The molecule has 0 aliphatic carbocycles. The molecule has 0 aliphatic heterocycles. The zero-order valence-corrected chi connectivity index (χ0v) is 9.93. The molecule has 2 nitrogen and oxygen atoms in total. The highest BCUT2D eigenvalue weighted by molar-refractivity contribution is 7.16. The van der Waals surface area contributed by atoms with Crippen molar-refractivity contribution in [3.8, 4) is 0 Å². The van der Waals surface area contributed by atoms with Gasteiger partial charge in [-0.1, -0.05) is 13.8 Å². The van der Waals surface area contributed by atoms with Crippen molar-refractivity contribution >= 4 is 27.3 Å². The summed E-state index contributed by atoms with van der Waals surface area (Å²) in [6.07, 6.45) is 1.65. The lowest BCUT2D eigenvalue weighted by molar-refractivity contribution is 0.0979. The summed E-state index contributed by atoms with van der Waals surface area (Å²) in [6, 6.07) is 4.10. The standard InChI is InChI=1S/C12H15NOS/c1-3-6-13-10(11(14)4-2)8-9-5-7-15-12(9)13/h5,7-8H,3-4,6H2,1-2H3. The van der Waals surface area contributed by atoms with E-state index in [1.165, 1.54) is 10.2 Å². The van der Waals surface area contributed by atoms with Crippen LogP contribution >= 0.6 is 11.3 Å². The Morgan fingerprint density at radius 2 is 2.27 bits per heavy atom. The molecule has 0 aromatic carbocycles. The number of fused-ring (bicyclic) bond motifs is 1. The number of rotatable bonds is 4. The van der Waals surface area contributed by atoms with Crippen molar-refractivity contribution in [2.45, 2.75) is 33.2 Å². The number of carbonyl (C=O) groups excluding carboxylic acids is 1. The highest BCUT2D eigenvalue weighted by atomic mass is 32.1. The van der Waals surface area contributed by atoms with Crippen molar-refractivity contribution in [2.75, 3.05) is 0 Å². The molecule has 3 heteroatoms. The van der Waals surface area contributed by atoms with Crippen molar-refractivity contribution in [3.63, 3.8) is 0 Å². The minimum atomic E-state index is 0.242. The molecule has 0 bridgehead atoms. The van der Waals surface area contributed by atoms with Crippen LogP contribution in [0.4, 0.5) is 0 Å². The van der Waals surface area contributed by atoms with Crippen molar-refractivity contribution < 1.29 is 4.79 Å². The molecule has 2 rings (SSSR count). The fraction of sp³-hybridized carbons (Fsp3) is 0.417. The summed E-state index contributed by atoms with van der Waals surface area (Å²) in [7, 11) is 0. The average Bonchev–Trinajstić information content (AvgIpc) is 2.80. The number of ketones is 1. The van der Waals surface area contributed by atoms with E-state index in [-0.39, 0.29) is 5.78 Å². The maximum atomic E-state index is 11.8. The van der Waals surface area contributed by atoms with Crippen LogP contribution in [-0.2, 0) is 6.54 Å². The Kier molecular flexibility index (Phi) is 2.91. The molecule has 2 aromatic rings. The number of nitrogens with zero attached hydrogens (tertiary/aromatic N) is 1. The van der Waals surface area contributed by atoms with Gasteiger partial charge in [0.1, 0.15) is 4.83 Å². The van der Waals surface area contributed by atoms with E-state index >= 15 is 0 Å². The molecule has 0 fully saturated rings. The van der Waals surface area contributed by atoms with Gasteiger partial charge in [-0.25, -0.2) is 0 Å². The third-order valence-corrected chi connectivity index (χ3v) is 3.51. The van der Waals surface area contributed by atoms with Crippen LogP contribution < -0.4 is 0 Å². The smallest absolute Gasteiger partial charge is 0.178 e. The van der Waals surface area contributed by atoms with Gasteiger partial charge in [-0.05, 0) is 23.9 Å². The highest BCUT2D eigenvalue weighted by Crippen LogP contribution is 2.26. The summed E-state index contributed by atoms with van der Waals surface area (Å²) >= 11 is 1.71. The lowest BCUT2D eigenvalue weighted by atomic mass is 10.2. The Bertz CT molecular complexity index is 481. The highest BCUT2D eigenvalue weighted by Gasteiger charge is 2.13. The van der Waals surface area contributed by atoms with E-state index < -0.39 is 0 Å². The second-order valence-electron chi connectivity index (χ2n) is 3.64. The van der Waals surface area contributed by atoms with E-state index in [4.69, 9.17) is 0 Å². The minimum absolute atomic E-state index is 0.242. The summed E-state index contributed by atoms with van der Waals surface area (Å²) in [5, 5.41) is 3.28. The molecule has 0 amide bonds. The Hall–Kier alpha value is -1.09. The molecular weight excluding hydrogens is 206 g/mol. The molecule has 0 spiro atoms. The monoisotopic (exact) mass is 221 g/mol. The van der Waals surface area contributed by atoms with Crippen LogP contribution in [0.2, 0.25) is 0 Å². The zero-order chi connectivity index (χ0) is 10.8. The number of aryl methyl sites for hydroxylation is 1. The predicted octanol–water partition coefficient (Wildman–Crippen LogP) is 3.71. The van der Waals surface area contributed by atoms with E-state index in [0.717, 1.165) is 18.7 Å². The van der Waals surface area contributed by atoms with Gasteiger partial charge in [-0.15, -0.1) is 11.3 Å². The molecule has 0 N–H and O–H groups in total. The first-order chi connectivity index (χ1) is 7.27. The SMILES string of the molecule is CCCn1c(C(=O)CC)cc2ccsc21. The predicted molar refractivity (Wildman–Crippen MR) is 64.7 cm³/mol. The third-order valence-electron chi connectivity index (χ3n) is 2.56. The van der Waals surface area contributed by atoms with Gasteiger partial charge in [0.15, 0.2) is 5.78 Å². The maximum Gasteiger partial charge on any atom is 0.178 e. The van der Waals surface area contributed by atoms with E-state index in [9.17, 15) is 4.79 Å². The van der Waals surface area contributed by atoms with E-state index in [1.54, 1.807) is 11.3 Å². The van der Waals surface area contributed by atoms with Crippen molar-refractivity contribution in [2.24, 2.45) is 0 Å². The molecule has 2 aromatic heterocycles. The van der Waals surface area contributed by atoms with Gasteiger partial charge >= 0.3 is 0 Å². The second kappa shape index (κ2) is 4.19. The quantitative estimate of drug-likeness (QED) is 0.721. The first kappa shape index (κ1) is 10.4. The lowest BCUT2D eigenvalue weighted by Crippen LogP contribution is -2.07. The van der Waals surface area contributed by atoms with Gasteiger partial charge < -0.3 is 4.57 Å². The third kappa shape index (κ3) is 1.72. The topological polar surface area (TPSA) is 22.0 Å². The van der Waals surface area contributed by atoms with Crippen LogP contribution in [0.1, 0.15) is 37.2 Å². The average molecular weight is 221 g/mol. The first-order valence-electron chi connectivity index (χ1n) is 5.37. The molecule has 0 aliphatic rings. The van der Waals surface area contributed by atoms with Crippen molar-refractivity contribution in [1.82, 2.24) is 4.57 Å². The summed E-state index contributed by atoms with van der Waals surface area (Å²) in [6.45, 7) is 4.99. The number of hydrogen-bond donors (Lipinski definition) is 0. The molecular formula is C12H15NOS. The number of hydrogen-bond acceptors (Lipinski definition) is 2. The minimum Gasteiger partial charge on any atom is -0.330 e. The molecule has 15 heavy (non-hydrogen) atoms. The molecule has 80 valence electrons. The van der Waals surface area contributed by atoms with Crippen LogP contribution in [-0.4, -0.2) is 10.4 Å². The number of aromatic nitrogens is 1. The van der Waals surface area contributed by atoms with Crippen LogP contribution in [0.5, 0.6) is 0 Å². The molecule has 2 heterocycles. The van der Waals surface area contributed by atoms with Crippen molar-refractivity contribution in [1.29, 1.82) is 0 Å². The molecule has 0 saturated carbocycles. The Morgan fingerprint density at radius 1 is 1.47 bits per heavy atom. The number of thiophene rings is 1. The molecule has 0 radical (unpaired) electrons. The van der Waals surface area contributed by atoms with E-state index in [0.29, 0.717) is 6.42 Å². The Balaban J connectivity index is 2.56. The van der Waals surface area contributed by atoms with Crippen LogP contribution in [0.3, 0.4) is 0 Å². The van der Waals surface area contributed by atoms with E-state index in [2.05, 4.69) is 22.9 Å². The van der Waals surface area contributed by atoms with E-state index in [1.807, 2.05) is 13.0 Å². The fourth-order valence-corrected chi connectivity index (χ4v) is 2.76. The van der Waals surface area contributed by atoms with Crippen LogP contribution in [0.15, 0.2) is 17.5 Å². The fourth-order valence-electron chi connectivity index (χ4n) is 1.83. The molecule has 0 atom stereocenters. The van der Waals surface area contributed by atoms with Crippen LogP contribution in [0.25, 0.3) is 10.2 Å². The largest absolute Gasteiger partial charge is 0.330 e. The molecule has 0 unspecified atom stereocenters. The van der Waals surface area contributed by atoms with Crippen LogP contribution in [0, 0.1) is 0 Å². The number of Topliss-reactive ketones (excluding diaryl/α,β-unsaturated/α-hetero) is 1. The normalized spacial score (nSPS) is 11.1. The van der Waals surface area contributed by atoms with Gasteiger partial charge in [-0.3, -0.25) is 4.79 Å². The van der Waals surface area contributed by atoms with Gasteiger partial charge in [0.25, 0.3) is 0 Å². The second-order valence-corrected chi connectivity index (χ2v) is 4.53. The summed E-state index contributed by atoms with van der Waals surface area (Å²) in [5.74, 6) is 0.242. The van der Waals surface area contributed by atoms with Gasteiger partial charge in [0.2, 0.25) is 0 Å². The zero-order valence-electron chi connectivity index (χ0n) is 9.12. The first-order valence-corrected chi connectivity index (χ1v) is 6.25. The number of carbonyl (C=O) groups is 1. The summed E-state index contributed by atoms with van der Waals surface area (Å²) < 4.78 is 2.16. The molecule has 0 saturated heterocycles. The summed E-state index contributed by atoms with van der Waals surface area (Å²) in [5.41, 5.74) is 0.876. The van der Waals surface area contributed by atoms with Gasteiger partial charge in [0.05, 0.1) is 5.69 Å².